The average molecular weight is 502 g/mol. The van der Waals surface area contributed by atoms with Gasteiger partial charge in [0.2, 0.25) is 5.91 Å². The highest BCUT2D eigenvalue weighted by Gasteiger charge is 2.34. The predicted molar refractivity (Wildman–Crippen MR) is 142 cm³/mol. The van der Waals surface area contributed by atoms with Crippen LogP contribution in [0, 0.1) is 11.3 Å². The molecular weight excluding hydrogens is 466 g/mol. The van der Waals surface area contributed by atoms with Crippen LogP contribution < -0.4 is 10.6 Å². The number of nitrogens with zero attached hydrogens (tertiary/aromatic N) is 1. The van der Waals surface area contributed by atoms with Crippen molar-refractivity contribution in [3.05, 3.63) is 45.3 Å². The van der Waals surface area contributed by atoms with Crippen molar-refractivity contribution in [2.24, 2.45) is 11.3 Å². The van der Waals surface area contributed by atoms with Gasteiger partial charge >= 0.3 is 0 Å². The van der Waals surface area contributed by atoms with Gasteiger partial charge in [-0.15, -0.1) is 11.3 Å². The lowest BCUT2D eigenvalue weighted by Crippen LogP contribution is -2.42. The third-order valence-corrected chi connectivity index (χ3v) is 8.78. The van der Waals surface area contributed by atoms with Crippen LogP contribution in [0.5, 0.6) is 0 Å². The lowest BCUT2D eigenvalue weighted by Gasteiger charge is -2.33. The summed E-state index contributed by atoms with van der Waals surface area (Å²) in [5.41, 5.74) is 2.62. The highest BCUT2D eigenvalue weighted by molar-refractivity contribution is 7.17. The molecule has 0 unspecified atom stereocenters. The van der Waals surface area contributed by atoms with Gasteiger partial charge in [0, 0.05) is 21.6 Å². The van der Waals surface area contributed by atoms with Gasteiger partial charge in [0.1, 0.15) is 5.00 Å². The Morgan fingerprint density at radius 1 is 1.12 bits per heavy atom. The molecule has 0 saturated carbocycles. The summed E-state index contributed by atoms with van der Waals surface area (Å²) >= 11 is 7.59. The van der Waals surface area contributed by atoms with Crippen molar-refractivity contribution in [1.29, 1.82) is 0 Å². The number of hydrogen-bond donors (Lipinski definition) is 2. The highest BCUT2D eigenvalue weighted by atomic mass is 35.5. The molecule has 1 aliphatic heterocycles. The van der Waals surface area contributed by atoms with E-state index in [1.54, 1.807) is 35.6 Å². The summed E-state index contributed by atoms with van der Waals surface area (Å²) in [7, 11) is 0. The van der Waals surface area contributed by atoms with E-state index in [0.717, 1.165) is 44.2 Å². The second-order valence-electron chi connectivity index (χ2n) is 10.8. The lowest BCUT2D eigenvalue weighted by atomic mass is 9.72. The Morgan fingerprint density at radius 2 is 1.85 bits per heavy atom. The molecule has 2 amide bonds. The van der Waals surface area contributed by atoms with Crippen LogP contribution in [0.3, 0.4) is 0 Å². The normalized spacial score (nSPS) is 21.1. The first-order chi connectivity index (χ1) is 16.1. The zero-order valence-corrected chi connectivity index (χ0v) is 22.2. The molecular formula is C27H36ClN3O2S. The molecule has 2 heterocycles. The molecule has 2 aliphatic rings. The Kier molecular flexibility index (Phi) is 7.70. The van der Waals surface area contributed by atoms with E-state index in [-0.39, 0.29) is 17.2 Å². The topological polar surface area (TPSA) is 61.4 Å². The zero-order chi connectivity index (χ0) is 24.5. The average Bonchev–Trinajstić information content (AvgIpc) is 3.13. The fraction of sp³-hybridized carbons (Fsp3) is 0.556. The first-order valence-electron chi connectivity index (χ1n) is 12.4. The van der Waals surface area contributed by atoms with E-state index < -0.39 is 0 Å². The number of carbonyl (C=O) groups is 2. The Bertz CT molecular complexity index is 1040. The number of benzene rings is 1. The fourth-order valence-corrected chi connectivity index (χ4v) is 6.59. The number of nitrogens with one attached hydrogen (secondary N) is 2. The van der Waals surface area contributed by atoms with Gasteiger partial charge in [-0.05, 0) is 86.7 Å². The number of piperidine rings is 1. The van der Waals surface area contributed by atoms with Gasteiger partial charge in [0.15, 0.2) is 0 Å². The second kappa shape index (κ2) is 10.4. The summed E-state index contributed by atoms with van der Waals surface area (Å²) in [5, 5.41) is 7.44. The third kappa shape index (κ3) is 5.84. The predicted octanol–water partition coefficient (Wildman–Crippen LogP) is 6.62. The van der Waals surface area contributed by atoms with Crippen molar-refractivity contribution in [2.45, 2.75) is 72.3 Å². The van der Waals surface area contributed by atoms with Gasteiger partial charge in [0.05, 0.1) is 12.1 Å². The molecule has 1 saturated heterocycles. The molecule has 0 bridgehead atoms. The minimum atomic E-state index is -0.171. The number of rotatable bonds is 5. The number of anilines is 2. The Morgan fingerprint density at radius 3 is 2.53 bits per heavy atom. The molecule has 2 atom stereocenters. The second-order valence-corrected chi connectivity index (χ2v) is 12.4. The molecule has 1 aliphatic carbocycles. The summed E-state index contributed by atoms with van der Waals surface area (Å²) in [5.74, 6) is 0.347. The molecule has 1 aromatic heterocycles. The van der Waals surface area contributed by atoms with Gasteiger partial charge < -0.3 is 10.6 Å². The van der Waals surface area contributed by atoms with E-state index >= 15 is 0 Å². The van der Waals surface area contributed by atoms with Crippen molar-refractivity contribution >= 4 is 45.4 Å². The van der Waals surface area contributed by atoms with E-state index in [4.69, 9.17) is 11.6 Å². The van der Waals surface area contributed by atoms with Crippen LogP contribution in [-0.2, 0) is 17.6 Å². The first-order valence-corrected chi connectivity index (χ1v) is 13.6. The van der Waals surface area contributed by atoms with Crippen LogP contribution in [0.15, 0.2) is 24.3 Å². The van der Waals surface area contributed by atoms with Crippen molar-refractivity contribution in [2.75, 3.05) is 23.7 Å². The van der Waals surface area contributed by atoms with Gasteiger partial charge in [0.25, 0.3) is 5.91 Å². The molecule has 1 aromatic carbocycles. The summed E-state index contributed by atoms with van der Waals surface area (Å²) in [6.07, 6.45) is 6.34. The van der Waals surface area contributed by atoms with Crippen molar-refractivity contribution in [3.8, 4) is 0 Å². The van der Waals surface area contributed by atoms with Crippen LogP contribution in [0.2, 0.25) is 5.02 Å². The molecule has 2 aromatic rings. The molecule has 0 radical (unpaired) electrons. The van der Waals surface area contributed by atoms with Crippen molar-refractivity contribution in [3.63, 3.8) is 0 Å². The third-order valence-electron chi connectivity index (χ3n) is 7.36. The summed E-state index contributed by atoms with van der Waals surface area (Å²) in [4.78, 5) is 30.0. The molecule has 7 heteroatoms. The number of amides is 2. The Balaban J connectivity index is 1.59. The number of carbonyl (C=O) groups excluding carboxylic acids is 2. The standard InChI is InChI=1S/C27H36ClN3O2S/c1-17-7-5-6-14-31(17)16-23(32)30-26-24(25(33)29-20-11-9-19(28)10-12-20)21-13-8-18(27(2,3)4)15-22(21)34-26/h9-12,17-18H,5-8,13-16H2,1-4H3,(H,29,33)(H,30,32)/t17-,18-/m0/s1. The molecule has 5 nitrogen and oxygen atoms in total. The first kappa shape index (κ1) is 25.2. The quantitative estimate of drug-likeness (QED) is 0.484. The number of fused-ring (bicyclic) bond motifs is 1. The minimum Gasteiger partial charge on any atom is -0.322 e. The van der Waals surface area contributed by atoms with Crippen LogP contribution in [-0.4, -0.2) is 35.8 Å². The van der Waals surface area contributed by atoms with Gasteiger partial charge in [-0.25, -0.2) is 0 Å². The number of likely N-dealkylation sites (tertiary alicyclic amines) is 1. The van der Waals surface area contributed by atoms with Gasteiger partial charge in [-0.2, -0.15) is 0 Å². The zero-order valence-electron chi connectivity index (χ0n) is 20.7. The number of thiophene rings is 1. The SMILES string of the molecule is C[C@H]1CCCCN1CC(=O)Nc1sc2c(c1C(=O)Nc1ccc(Cl)cc1)CC[C@H](C(C)(C)C)C2. The summed E-state index contributed by atoms with van der Waals surface area (Å²) in [6, 6.07) is 7.53. The summed E-state index contributed by atoms with van der Waals surface area (Å²) in [6.45, 7) is 10.4. The fourth-order valence-electron chi connectivity index (χ4n) is 5.12. The minimum absolute atomic E-state index is 0.0414. The monoisotopic (exact) mass is 501 g/mol. The highest BCUT2D eigenvalue weighted by Crippen LogP contribution is 2.44. The van der Waals surface area contributed by atoms with Crippen LogP contribution in [0.4, 0.5) is 10.7 Å². The maximum atomic E-state index is 13.5. The molecule has 184 valence electrons. The van der Waals surface area contributed by atoms with Gasteiger partial charge in [-0.3, -0.25) is 14.5 Å². The smallest absolute Gasteiger partial charge is 0.258 e. The van der Waals surface area contributed by atoms with E-state index in [9.17, 15) is 9.59 Å². The molecule has 0 spiro atoms. The van der Waals surface area contributed by atoms with Crippen molar-refractivity contribution < 1.29 is 9.59 Å². The van der Waals surface area contributed by atoms with E-state index in [0.29, 0.717) is 39.8 Å². The number of hydrogen-bond acceptors (Lipinski definition) is 4. The molecule has 2 N–H and O–H groups in total. The Labute approximate surface area is 212 Å². The van der Waals surface area contributed by atoms with E-state index in [1.165, 1.54) is 11.3 Å². The molecule has 1 fully saturated rings. The summed E-state index contributed by atoms with van der Waals surface area (Å²) < 4.78 is 0. The molecule has 4 rings (SSSR count). The Hall–Kier alpha value is -1.89. The maximum Gasteiger partial charge on any atom is 0.258 e. The van der Waals surface area contributed by atoms with E-state index in [1.807, 2.05) is 0 Å². The van der Waals surface area contributed by atoms with Crippen LogP contribution in [0.1, 0.15) is 74.2 Å². The van der Waals surface area contributed by atoms with Gasteiger partial charge in [-0.1, -0.05) is 38.8 Å². The molecule has 34 heavy (non-hydrogen) atoms. The number of halogens is 1. The maximum absolute atomic E-state index is 13.5. The van der Waals surface area contributed by atoms with Crippen molar-refractivity contribution in [1.82, 2.24) is 4.90 Å². The largest absolute Gasteiger partial charge is 0.322 e. The lowest BCUT2D eigenvalue weighted by molar-refractivity contribution is -0.118. The van der Waals surface area contributed by atoms with E-state index in [2.05, 4.69) is 43.2 Å². The van der Waals surface area contributed by atoms with Crippen LogP contribution in [0.25, 0.3) is 0 Å². The van der Waals surface area contributed by atoms with Crippen LogP contribution >= 0.6 is 22.9 Å².